The minimum atomic E-state index is -0.591. The highest BCUT2D eigenvalue weighted by Gasteiger charge is 2.02. The van der Waals surface area contributed by atoms with Crippen molar-refractivity contribution in [2.24, 2.45) is 0 Å². The van der Waals surface area contributed by atoms with Gasteiger partial charge >= 0.3 is 5.97 Å². The summed E-state index contributed by atoms with van der Waals surface area (Å²) in [4.78, 5) is 11.0. The molecule has 0 heterocycles. The molecule has 0 radical (unpaired) electrons. The van der Waals surface area contributed by atoms with Gasteiger partial charge in [0.05, 0.1) is 6.61 Å². The van der Waals surface area contributed by atoms with Crippen molar-refractivity contribution in [1.82, 2.24) is 0 Å². The van der Waals surface area contributed by atoms with Gasteiger partial charge in [-0.15, -0.1) is 6.58 Å². The molecule has 1 aromatic carbocycles. The number of hydrogen-bond donors (Lipinski definition) is 1. The zero-order valence-electron chi connectivity index (χ0n) is 10.8. The summed E-state index contributed by atoms with van der Waals surface area (Å²) >= 11 is 0. The fraction of sp³-hybridized carbons (Fsp3) is 0.267. The predicted octanol–water partition coefficient (Wildman–Crippen LogP) is 2.53. The lowest BCUT2D eigenvalue weighted by molar-refractivity contribution is -0.136. The maximum Gasteiger partial charge on any atom is 0.384 e. The van der Waals surface area contributed by atoms with E-state index in [2.05, 4.69) is 28.5 Å². The Morgan fingerprint density at radius 1 is 1.58 bits per heavy atom. The van der Waals surface area contributed by atoms with E-state index in [-0.39, 0.29) is 18.8 Å². The van der Waals surface area contributed by atoms with Gasteiger partial charge in [-0.3, -0.25) is 0 Å². The molecule has 0 saturated carbocycles. The van der Waals surface area contributed by atoms with Crippen molar-refractivity contribution < 1.29 is 13.9 Å². The Kier molecular flexibility index (Phi) is 6.17. The number of carbonyl (C=O) groups excluding carboxylic acids is 1. The van der Waals surface area contributed by atoms with Crippen LogP contribution >= 0.6 is 0 Å². The molecule has 1 N–H and O–H groups in total. The van der Waals surface area contributed by atoms with Crippen LogP contribution in [0.5, 0.6) is 0 Å². The molecule has 1 aromatic rings. The standard InChI is InChI=1S/C15H16FNO2/c1-3-10-17-13-9-8-12(14(16)11-13)6-5-7-15(18)19-4-2/h3,8-9,11,17H,1,4,6,10H2,2H3. The average Bonchev–Trinajstić information content (AvgIpc) is 2.39. The molecule has 100 valence electrons. The van der Waals surface area contributed by atoms with Gasteiger partial charge in [0, 0.05) is 24.6 Å². The molecular weight excluding hydrogens is 245 g/mol. The SMILES string of the molecule is C=CCNc1ccc(CC#CC(=O)OCC)c(F)c1. The molecule has 0 bridgehead atoms. The van der Waals surface area contributed by atoms with E-state index in [4.69, 9.17) is 0 Å². The first-order valence-electron chi connectivity index (χ1n) is 5.96. The molecule has 0 aliphatic rings. The van der Waals surface area contributed by atoms with Crippen molar-refractivity contribution in [2.45, 2.75) is 13.3 Å². The topological polar surface area (TPSA) is 38.3 Å². The van der Waals surface area contributed by atoms with Crippen LogP contribution in [0.1, 0.15) is 12.5 Å². The molecule has 1 rings (SSSR count). The summed E-state index contributed by atoms with van der Waals surface area (Å²) in [5.74, 6) is 3.95. The Morgan fingerprint density at radius 2 is 2.37 bits per heavy atom. The summed E-state index contributed by atoms with van der Waals surface area (Å²) in [7, 11) is 0. The van der Waals surface area contributed by atoms with Gasteiger partial charge in [0.15, 0.2) is 0 Å². The minimum Gasteiger partial charge on any atom is -0.456 e. The van der Waals surface area contributed by atoms with Crippen molar-refractivity contribution in [3.05, 3.63) is 42.2 Å². The number of carbonyl (C=O) groups is 1. The van der Waals surface area contributed by atoms with Crippen molar-refractivity contribution in [3.63, 3.8) is 0 Å². The second-order valence-corrected chi connectivity index (χ2v) is 3.67. The van der Waals surface area contributed by atoms with Crippen LogP contribution < -0.4 is 5.32 Å². The van der Waals surface area contributed by atoms with Gasteiger partial charge in [-0.05, 0) is 24.6 Å². The van der Waals surface area contributed by atoms with Crippen LogP contribution in [0.4, 0.5) is 10.1 Å². The smallest absolute Gasteiger partial charge is 0.384 e. The van der Waals surface area contributed by atoms with Gasteiger partial charge in [-0.1, -0.05) is 18.1 Å². The predicted molar refractivity (Wildman–Crippen MR) is 73.2 cm³/mol. The first-order valence-corrected chi connectivity index (χ1v) is 5.96. The van der Waals surface area contributed by atoms with Crippen molar-refractivity contribution >= 4 is 11.7 Å². The largest absolute Gasteiger partial charge is 0.456 e. The molecule has 0 aromatic heterocycles. The van der Waals surface area contributed by atoms with Gasteiger partial charge in [-0.2, -0.15) is 0 Å². The summed E-state index contributed by atoms with van der Waals surface area (Å²) in [5.41, 5.74) is 1.13. The highest BCUT2D eigenvalue weighted by molar-refractivity contribution is 5.88. The van der Waals surface area contributed by atoms with Crippen LogP contribution in [-0.2, 0) is 16.0 Å². The molecular formula is C15H16FNO2. The van der Waals surface area contributed by atoms with Crippen molar-refractivity contribution in [1.29, 1.82) is 0 Å². The third-order valence-corrected chi connectivity index (χ3v) is 2.25. The van der Waals surface area contributed by atoms with Gasteiger partial charge in [0.25, 0.3) is 0 Å². The third kappa shape index (κ3) is 5.26. The van der Waals surface area contributed by atoms with Crippen molar-refractivity contribution in [3.8, 4) is 11.8 Å². The lowest BCUT2D eigenvalue weighted by Gasteiger charge is -2.05. The minimum absolute atomic E-state index is 0.173. The molecule has 4 heteroatoms. The molecule has 0 spiro atoms. The number of benzene rings is 1. The Balaban J connectivity index is 2.64. The van der Waals surface area contributed by atoms with Crippen LogP contribution in [0.25, 0.3) is 0 Å². The normalized spacial score (nSPS) is 9.16. The Bertz CT molecular complexity index is 515. The van der Waals surface area contributed by atoms with Crippen LogP contribution in [-0.4, -0.2) is 19.1 Å². The van der Waals surface area contributed by atoms with Crippen LogP contribution in [0.15, 0.2) is 30.9 Å². The first kappa shape index (κ1) is 14.8. The van der Waals surface area contributed by atoms with E-state index in [0.29, 0.717) is 17.8 Å². The number of ether oxygens (including phenoxy) is 1. The summed E-state index contributed by atoms with van der Waals surface area (Å²) in [6, 6.07) is 4.79. The number of anilines is 1. The summed E-state index contributed by atoms with van der Waals surface area (Å²) in [6.07, 6.45) is 1.86. The molecule has 0 aliphatic heterocycles. The van der Waals surface area contributed by atoms with Crippen LogP contribution in [0.2, 0.25) is 0 Å². The van der Waals surface area contributed by atoms with E-state index in [1.54, 1.807) is 25.1 Å². The first-order chi connectivity index (χ1) is 9.17. The van der Waals surface area contributed by atoms with E-state index < -0.39 is 5.97 Å². The second-order valence-electron chi connectivity index (χ2n) is 3.67. The highest BCUT2D eigenvalue weighted by Crippen LogP contribution is 2.14. The summed E-state index contributed by atoms with van der Waals surface area (Å²) < 4.78 is 18.3. The van der Waals surface area contributed by atoms with Crippen molar-refractivity contribution in [2.75, 3.05) is 18.5 Å². The van der Waals surface area contributed by atoms with Gasteiger partial charge < -0.3 is 10.1 Å². The van der Waals surface area contributed by atoms with E-state index in [9.17, 15) is 9.18 Å². The number of halogens is 1. The maximum absolute atomic E-state index is 13.7. The summed E-state index contributed by atoms with van der Waals surface area (Å²) in [6.45, 7) is 6.13. The van der Waals surface area contributed by atoms with Gasteiger partial charge in [0.1, 0.15) is 5.82 Å². The van der Waals surface area contributed by atoms with Gasteiger partial charge in [-0.25, -0.2) is 9.18 Å². The number of esters is 1. The fourth-order valence-corrected chi connectivity index (χ4v) is 1.37. The van der Waals surface area contributed by atoms with Gasteiger partial charge in [0.2, 0.25) is 0 Å². The molecule has 0 atom stereocenters. The molecule has 0 unspecified atom stereocenters. The molecule has 0 aliphatic carbocycles. The van der Waals surface area contributed by atoms with E-state index >= 15 is 0 Å². The molecule has 0 saturated heterocycles. The Morgan fingerprint density at radius 3 is 3.00 bits per heavy atom. The van der Waals surface area contributed by atoms with E-state index in [0.717, 1.165) is 0 Å². The average molecular weight is 261 g/mol. The van der Waals surface area contributed by atoms with Crippen LogP contribution in [0.3, 0.4) is 0 Å². The summed E-state index contributed by atoms with van der Waals surface area (Å²) in [5, 5.41) is 2.99. The highest BCUT2D eigenvalue weighted by atomic mass is 19.1. The van der Waals surface area contributed by atoms with E-state index in [1.807, 2.05) is 0 Å². The Labute approximate surface area is 112 Å². The number of nitrogens with one attached hydrogen (secondary N) is 1. The lowest BCUT2D eigenvalue weighted by atomic mass is 10.1. The molecule has 0 amide bonds. The third-order valence-electron chi connectivity index (χ3n) is 2.25. The number of rotatable bonds is 5. The zero-order chi connectivity index (χ0) is 14.1. The quantitative estimate of drug-likeness (QED) is 0.383. The van der Waals surface area contributed by atoms with Crippen LogP contribution in [0, 0.1) is 17.7 Å². The molecule has 19 heavy (non-hydrogen) atoms. The molecule has 3 nitrogen and oxygen atoms in total. The zero-order valence-corrected chi connectivity index (χ0v) is 10.8. The second kappa shape index (κ2) is 7.93. The fourth-order valence-electron chi connectivity index (χ4n) is 1.37. The monoisotopic (exact) mass is 261 g/mol. The maximum atomic E-state index is 13.7. The molecule has 0 fully saturated rings. The van der Waals surface area contributed by atoms with E-state index in [1.165, 1.54) is 6.07 Å². The number of hydrogen-bond acceptors (Lipinski definition) is 3. The Hall–Kier alpha value is -2.28. The lowest BCUT2D eigenvalue weighted by Crippen LogP contribution is -2.01.